The summed E-state index contributed by atoms with van der Waals surface area (Å²) in [5, 5.41) is 10.9. The zero-order valence-corrected chi connectivity index (χ0v) is 17.1. The van der Waals surface area contributed by atoms with Gasteiger partial charge in [0, 0.05) is 18.9 Å². The number of nitrogens with zero attached hydrogens (tertiary/aromatic N) is 1. The Kier molecular flexibility index (Phi) is 4.98. The van der Waals surface area contributed by atoms with Crippen LogP contribution in [0.2, 0.25) is 0 Å². The lowest BCUT2D eigenvalue weighted by Crippen LogP contribution is -2.38. The maximum Gasteiger partial charge on any atom is 0.409 e. The smallest absolute Gasteiger partial charge is 0.409 e. The first-order valence-corrected chi connectivity index (χ1v) is 10.6. The summed E-state index contributed by atoms with van der Waals surface area (Å²) in [6, 6.07) is 22.8. The number of β-amino-alcohol motifs (C(OH)–C–C–N with tert-alkyl or cyclic N) is 1. The van der Waals surface area contributed by atoms with Crippen LogP contribution in [0.25, 0.3) is 11.1 Å². The molecular weight excluding hydrogens is 393 g/mol. The fourth-order valence-corrected chi connectivity index (χ4v) is 4.84. The molecule has 1 saturated heterocycles. The molecule has 0 bridgehead atoms. The highest BCUT2D eigenvalue weighted by atomic mass is 19.1. The monoisotopic (exact) mass is 417 g/mol. The van der Waals surface area contributed by atoms with Crippen molar-refractivity contribution in [1.29, 1.82) is 0 Å². The third-order valence-corrected chi connectivity index (χ3v) is 6.40. The van der Waals surface area contributed by atoms with Gasteiger partial charge in [0.1, 0.15) is 12.4 Å². The Balaban J connectivity index is 1.25. The zero-order chi connectivity index (χ0) is 21.4. The predicted molar refractivity (Wildman–Crippen MR) is 116 cm³/mol. The highest BCUT2D eigenvalue weighted by molar-refractivity contribution is 5.79. The molecule has 4 nitrogen and oxygen atoms in total. The van der Waals surface area contributed by atoms with E-state index in [4.69, 9.17) is 4.74 Å². The van der Waals surface area contributed by atoms with Gasteiger partial charge in [-0.15, -0.1) is 0 Å². The molecule has 1 atom stereocenters. The molecule has 1 N–H and O–H groups in total. The van der Waals surface area contributed by atoms with Gasteiger partial charge in [-0.3, -0.25) is 0 Å². The van der Waals surface area contributed by atoms with E-state index in [1.807, 2.05) is 24.3 Å². The van der Waals surface area contributed by atoms with Crippen molar-refractivity contribution < 1.29 is 19.0 Å². The van der Waals surface area contributed by atoms with Crippen LogP contribution in [0, 0.1) is 5.82 Å². The number of halogens is 1. The Morgan fingerprint density at radius 3 is 2.29 bits per heavy atom. The van der Waals surface area contributed by atoms with Crippen LogP contribution < -0.4 is 0 Å². The summed E-state index contributed by atoms with van der Waals surface area (Å²) in [7, 11) is 0. The van der Waals surface area contributed by atoms with Crippen molar-refractivity contribution >= 4 is 6.09 Å². The first kappa shape index (κ1) is 19.8. The van der Waals surface area contributed by atoms with Crippen molar-refractivity contribution in [3.63, 3.8) is 0 Å². The molecule has 1 amide bonds. The average Bonchev–Trinajstić information content (AvgIpc) is 3.32. The molecule has 1 aliphatic carbocycles. The summed E-state index contributed by atoms with van der Waals surface area (Å²) in [6.45, 7) is 0.773. The minimum Gasteiger partial charge on any atom is -0.448 e. The summed E-state index contributed by atoms with van der Waals surface area (Å²) >= 11 is 0. The van der Waals surface area contributed by atoms with E-state index in [1.165, 1.54) is 22.1 Å². The number of aliphatic hydroxyl groups is 1. The lowest BCUT2D eigenvalue weighted by atomic mass is 9.93. The van der Waals surface area contributed by atoms with Gasteiger partial charge in [-0.2, -0.15) is 0 Å². The van der Waals surface area contributed by atoms with Crippen LogP contribution in [0.5, 0.6) is 0 Å². The van der Waals surface area contributed by atoms with Gasteiger partial charge in [0.25, 0.3) is 0 Å². The molecule has 1 unspecified atom stereocenters. The van der Waals surface area contributed by atoms with Crippen molar-refractivity contribution in [2.45, 2.75) is 24.4 Å². The molecule has 0 spiro atoms. The quantitative estimate of drug-likeness (QED) is 0.666. The average molecular weight is 417 g/mol. The number of rotatable bonds is 4. The second-order valence-electron chi connectivity index (χ2n) is 8.47. The van der Waals surface area contributed by atoms with Gasteiger partial charge in [-0.1, -0.05) is 66.7 Å². The van der Waals surface area contributed by atoms with E-state index in [0.717, 1.165) is 11.1 Å². The summed E-state index contributed by atoms with van der Waals surface area (Å²) < 4.78 is 19.7. The van der Waals surface area contributed by atoms with Crippen LogP contribution in [-0.2, 0) is 11.2 Å². The van der Waals surface area contributed by atoms with E-state index in [-0.39, 0.29) is 31.3 Å². The summed E-state index contributed by atoms with van der Waals surface area (Å²) in [6.07, 6.45) is 0.129. The molecule has 1 aliphatic heterocycles. The number of amides is 1. The molecule has 5 rings (SSSR count). The highest BCUT2D eigenvalue weighted by Gasteiger charge is 2.40. The summed E-state index contributed by atoms with van der Waals surface area (Å²) in [4.78, 5) is 14.3. The minimum atomic E-state index is -1.15. The number of carbonyl (C=O) groups excluding carboxylic acids is 1. The van der Waals surface area contributed by atoms with Crippen LogP contribution in [-0.4, -0.2) is 41.4 Å². The Hall–Kier alpha value is -3.18. The number of fused-ring (bicyclic) bond motifs is 3. The van der Waals surface area contributed by atoms with Crippen molar-refractivity contribution in [2.75, 3.05) is 19.7 Å². The van der Waals surface area contributed by atoms with Gasteiger partial charge in [0.05, 0.1) is 12.1 Å². The first-order valence-electron chi connectivity index (χ1n) is 10.6. The summed E-state index contributed by atoms with van der Waals surface area (Å²) in [5.74, 6) is -0.341. The number of likely N-dealkylation sites (tertiary alicyclic amines) is 1. The number of hydrogen-bond acceptors (Lipinski definition) is 3. The molecular formula is C26H24FNO3. The molecule has 3 aromatic carbocycles. The van der Waals surface area contributed by atoms with Crippen LogP contribution in [0.1, 0.15) is 29.0 Å². The van der Waals surface area contributed by atoms with Crippen molar-refractivity contribution in [3.8, 4) is 11.1 Å². The van der Waals surface area contributed by atoms with Gasteiger partial charge in [-0.05, 0) is 40.3 Å². The van der Waals surface area contributed by atoms with Gasteiger partial charge in [0.2, 0.25) is 0 Å². The Morgan fingerprint density at radius 2 is 1.61 bits per heavy atom. The van der Waals surface area contributed by atoms with Crippen LogP contribution >= 0.6 is 0 Å². The molecule has 5 heteroatoms. The number of carbonyl (C=O) groups is 1. The molecule has 1 heterocycles. The summed E-state index contributed by atoms with van der Waals surface area (Å²) in [5.41, 5.74) is 4.00. The van der Waals surface area contributed by atoms with E-state index < -0.39 is 11.7 Å². The molecule has 0 radical (unpaired) electrons. The predicted octanol–water partition coefficient (Wildman–Crippen LogP) is 4.75. The van der Waals surface area contributed by atoms with Gasteiger partial charge in [0.15, 0.2) is 0 Å². The Bertz CT molecular complexity index is 1090. The lowest BCUT2D eigenvalue weighted by molar-refractivity contribution is 0.0438. The number of benzene rings is 3. The molecule has 158 valence electrons. The fraction of sp³-hybridized carbons (Fsp3) is 0.269. The topological polar surface area (TPSA) is 49.8 Å². The van der Waals surface area contributed by atoms with Crippen LogP contribution in [0.3, 0.4) is 0 Å². The van der Waals surface area contributed by atoms with Crippen molar-refractivity contribution in [1.82, 2.24) is 4.90 Å². The van der Waals surface area contributed by atoms with E-state index in [1.54, 1.807) is 18.2 Å². The first-order chi connectivity index (χ1) is 15.0. The minimum absolute atomic E-state index is 0.00347. The number of ether oxygens (including phenoxy) is 1. The molecule has 31 heavy (non-hydrogen) atoms. The van der Waals surface area contributed by atoms with Gasteiger partial charge >= 0.3 is 6.09 Å². The van der Waals surface area contributed by atoms with E-state index in [0.29, 0.717) is 18.5 Å². The second kappa shape index (κ2) is 7.82. The highest BCUT2D eigenvalue weighted by Crippen LogP contribution is 2.44. The zero-order valence-electron chi connectivity index (χ0n) is 17.1. The molecule has 0 aromatic heterocycles. The van der Waals surface area contributed by atoms with Crippen LogP contribution in [0.15, 0.2) is 72.8 Å². The Morgan fingerprint density at radius 1 is 1.00 bits per heavy atom. The SMILES string of the molecule is O=C(OCC1c2ccccc2-c2ccccc21)N1CCC(O)(Cc2ccccc2F)C1. The fourth-order valence-electron chi connectivity index (χ4n) is 4.84. The standard InChI is InChI=1S/C26H24FNO3/c27-24-12-6-1-7-18(24)15-26(30)13-14-28(17-26)25(29)31-16-23-21-10-4-2-8-19(21)20-9-3-5-11-22(20)23/h1-12,23,30H,13-17H2. The molecule has 3 aromatic rings. The van der Waals surface area contributed by atoms with Gasteiger partial charge < -0.3 is 14.7 Å². The Labute approximate surface area is 180 Å². The molecule has 0 saturated carbocycles. The number of hydrogen-bond donors (Lipinski definition) is 1. The maximum absolute atomic E-state index is 14.0. The lowest BCUT2D eigenvalue weighted by Gasteiger charge is -2.24. The largest absolute Gasteiger partial charge is 0.448 e. The third kappa shape index (κ3) is 3.70. The maximum atomic E-state index is 14.0. The van der Waals surface area contributed by atoms with Crippen LogP contribution in [0.4, 0.5) is 9.18 Å². The van der Waals surface area contributed by atoms with E-state index in [9.17, 15) is 14.3 Å². The van der Waals surface area contributed by atoms with E-state index >= 15 is 0 Å². The van der Waals surface area contributed by atoms with E-state index in [2.05, 4.69) is 24.3 Å². The normalized spacial score (nSPS) is 19.9. The van der Waals surface area contributed by atoms with Crippen molar-refractivity contribution in [2.24, 2.45) is 0 Å². The molecule has 1 fully saturated rings. The third-order valence-electron chi connectivity index (χ3n) is 6.40. The second-order valence-corrected chi connectivity index (χ2v) is 8.47. The van der Waals surface area contributed by atoms with Crippen molar-refractivity contribution in [3.05, 3.63) is 95.3 Å². The van der Waals surface area contributed by atoms with Gasteiger partial charge in [-0.25, -0.2) is 9.18 Å². The molecule has 2 aliphatic rings.